The number of amides is 1. The zero-order valence-corrected chi connectivity index (χ0v) is 15.9. The summed E-state index contributed by atoms with van der Waals surface area (Å²) in [5.41, 5.74) is 1.35. The van der Waals surface area contributed by atoms with Crippen LogP contribution in [0, 0.1) is 0 Å². The van der Waals surface area contributed by atoms with Crippen molar-refractivity contribution in [2.75, 3.05) is 46.5 Å². The quantitative estimate of drug-likeness (QED) is 0.811. The van der Waals surface area contributed by atoms with Crippen LogP contribution in [0.2, 0.25) is 0 Å². The van der Waals surface area contributed by atoms with E-state index in [4.69, 9.17) is 9.47 Å². The Morgan fingerprint density at radius 3 is 2.73 bits per heavy atom. The molecule has 1 N–H and O–H groups in total. The highest BCUT2D eigenvalue weighted by Gasteiger charge is 2.35. The van der Waals surface area contributed by atoms with Gasteiger partial charge in [0.2, 0.25) is 5.91 Å². The van der Waals surface area contributed by atoms with Crippen LogP contribution in [0.1, 0.15) is 37.7 Å². The molecule has 2 heterocycles. The lowest BCUT2D eigenvalue weighted by molar-refractivity contribution is -0.128. The Morgan fingerprint density at radius 1 is 1.27 bits per heavy atom. The van der Waals surface area contributed by atoms with Gasteiger partial charge in [0.15, 0.2) is 0 Å². The Hall–Kier alpha value is -1.43. The maximum atomic E-state index is 12.3. The Kier molecular flexibility index (Phi) is 7.06. The molecule has 0 unspecified atom stereocenters. The summed E-state index contributed by atoms with van der Waals surface area (Å²) in [7, 11) is 2.16. The third-order valence-corrected chi connectivity index (χ3v) is 5.77. The fraction of sp³-hybridized carbons (Fsp3) is 0.667. The van der Waals surface area contributed by atoms with E-state index in [-0.39, 0.29) is 24.0 Å². The van der Waals surface area contributed by atoms with Gasteiger partial charge in [0.25, 0.3) is 0 Å². The molecular formula is C21H32N2O3. The second-order valence-electron chi connectivity index (χ2n) is 7.73. The van der Waals surface area contributed by atoms with Crippen LogP contribution < -0.4 is 5.32 Å². The number of ether oxygens (including phenoxy) is 2. The first-order chi connectivity index (χ1) is 12.7. The van der Waals surface area contributed by atoms with Crippen molar-refractivity contribution in [1.82, 2.24) is 10.2 Å². The number of carbonyl (C=O) groups is 1. The maximum absolute atomic E-state index is 12.3. The first kappa shape index (κ1) is 19.3. The summed E-state index contributed by atoms with van der Waals surface area (Å²) in [6.07, 6.45) is 5.63. The van der Waals surface area contributed by atoms with Crippen molar-refractivity contribution in [1.29, 1.82) is 0 Å². The Balaban J connectivity index is 1.48. The first-order valence-electron chi connectivity index (χ1n) is 9.88. The van der Waals surface area contributed by atoms with Gasteiger partial charge in [0.05, 0.1) is 12.7 Å². The molecule has 1 atom stereocenters. The minimum Gasteiger partial charge on any atom is -0.376 e. The smallest absolute Gasteiger partial charge is 0.246 e. The SMILES string of the molecule is CN1CCC(CNC(=O)COC[C@H]2CCCCO2)(c2ccccc2)CC1. The molecule has 5 nitrogen and oxygen atoms in total. The molecule has 144 valence electrons. The van der Waals surface area contributed by atoms with E-state index in [1.165, 1.54) is 12.0 Å². The number of hydrogen-bond acceptors (Lipinski definition) is 4. The molecule has 0 bridgehead atoms. The number of rotatable bonds is 7. The van der Waals surface area contributed by atoms with Crippen molar-refractivity contribution in [2.24, 2.45) is 0 Å². The molecule has 0 radical (unpaired) electrons. The highest BCUT2D eigenvalue weighted by molar-refractivity contribution is 5.77. The van der Waals surface area contributed by atoms with Gasteiger partial charge < -0.3 is 19.7 Å². The molecule has 0 saturated carbocycles. The zero-order chi connectivity index (χ0) is 18.2. The summed E-state index contributed by atoms with van der Waals surface area (Å²) >= 11 is 0. The second-order valence-corrected chi connectivity index (χ2v) is 7.73. The summed E-state index contributed by atoms with van der Waals surface area (Å²) in [6, 6.07) is 10.6. The molecule has 5 heteroatoms. The monoisotopic (exact) mass is 360 g/mol. The molecule has 1 aromatic carbocycles. The van der Waals surface area contributed by atoms with E-state index in [0.717, 1.165) is 45.4 Å². The minimum atomic E-state index is -0.0324. The summed E-state index contributed by atoms with van der Waals surface area (Å²) < 4.78 is 11.2. The highest BCUT2D eigenvalue weighted by Crippen LogP contribution is 2.34. The highest BCUT2D eigenvalue weighted by atomic mass is 16.5. The van der Waals surface area contributed by atoms with Gasteiger partial charge in [-0.05, 0) is 57.8 Å². The fourth-order valence-corrected chi connectivity index (χ4v) is 3.95. The molecule has 0 spiro atoms. The van der Waals surface area contributed by atoms with Crippen molar-refractivity contribution >= 4 is 5.91 Å². The van der Waals surface area contributed by atoms with Gasteiger partial charge in [0.1, 0.15) is 6.61 Å². The minimum absolute atomic E-state index is 0.0237. The van der Waals surface area contributed by atoms with Gasteiger partial charge in [0, 0.05) is 18.6 Å². The first-order valence-corrected chi connectivity index (χ1v) is 9.88. The van der Waals surface area contributed by atoms with Crippen LogP contribution in [0.4, 0.5) is 0 Å². The second kappa shape index (κ2) is 9.49. The molecule has 2 saturated heterocycles. The predicted octanol–water partition coefficient (Wildman–Crippen LogP) is 2.35. The van der Waals surface area contributed by atoms with Gasteiger partial charge in [-0.2, -0.15) is 0 Å². The van der Waals surface area contributed by atoms with Gasteiger partial charge in [-0.25, -0.2) is 0 Å². The van der Waals surface area contributed by atoms with E-state index in [1.54, 1.807) is 0 Å². The molecule has 0 aliphatic carbocycles. The molecular weight excluding hydrogens is 328 g/mol. The fourth-order valence-electron chi connectivity index (χ4n) is 3.95. The topological polar surface area (TPSA) is 50.8 Å². The molecule has 2 fully saturated rings. The zero-order valence-electron chi connectivity index (χ0n) is 15.9. The van der Waals surface area contributed by atoms with Crippen LogP contribution >= 0.6 is 0 Å². The normalized spacial score (nSPS) is 23.5. The lowest BCUT2D eigenvalue weighted by Gasteiger charge is -2.41. The van der Waals surface area contributed by atoms with E-state index in [2.05, 4.69) is 41.5 Å². The van der Waals surface area contributed by atoms with E-state index in [1.807, 2.05) is 6.07 Å². The van der Waals surface area contributed by atoms with Crippen LogP contribution in [0.5, 0.6) is 0 Å². The van der Waals surface area contributed by atoms with Gasteiger partial charge in [-0.3, -0.25) is 4.79 Å². The van der Waals surface area contributed by atoms with Crippen molar-refractivity contribution < 1.29 is 14.3 Å². The van der Waals surface area contributed by atoms with Crippen LogP contribution in [0.3, 0.4) is 0 Å². The van der Waals surface area contributed by atoms with E-state index >= 15 is 0 Å². The van der Waals surface area contributed by atoms with E-state index in [0.29, 0.717) is 13.2 Å². The van der Waals surface area contributed by atoms with Crippen LogP contribution in [0.25, 0.3) is 0 Å². The van der Waals surface area contributed by atoms with Crippen molar-refractivity contribution in [3.63, 3.8) is 0 Å². The lowest BCUT2D eigenvalue weighted by Crippen LogP contribution is -2.48. The van der Waals surface area contributed by atoms with Crippen molar-refractivity contribution in [2.45, 2.75) is 43.6 Å². The number of hydrogen-bond donors (Lipinski definition) is 1. The Labute approximate surface area is 157 Å². The summed E-state index contributed by atoms with van der Waals surface area (Å²) in [6.45, 7) is 4.23. The molecule has 1 amide bonds. The summed E-state index contributed by atoms with van der Waals surface area (Å²) in [4.78, 5) is 14.6. The van der Waals surface area contributed by atoms with Crippen molar-refractivity contribution in [3.8, 4) is 0 Å². The van der Waals surface area contributed by atoms with Gasteiger partial charge in [-0.15, -0.1) is 0 Å². The molecule has 0 aromatic heterocycles. The Morgan fingerprint density at radius 2 is 2.04 bits per heavy atom. The number of likely N-dealkylation sites (tertiary alicyclic amines) is 1. The Bertz CT molecular complexity index is 550. The largest absolute Gasteiger partial charge is 0.376 e. The lowest BCUT2D eigenvalue weighted by atomic mass is 9.72. The van der Waals surface area contributed by atoms with Crippen LogP contribution in [-0.2, 0) is 19.7 Å². The van der Waals surface area contributed by atoms with Crippen molar-refractivity contribution in [3.05, 3.63) is 35.9 Å². The predicted molar refractivity (Wildman–Crippen MR) is 102 cm³/mol. The maximum Gasteiger partial charge on any atom is 0.246 e. The summed E-state index contributed by atoms with van der Waals surface area (Å²) in [5, 5.41) is 3.12. The molecule has 26 heavy (non-hydrogen) atoms. The molecule has 2 aliphatic heterocycles. The van der Waals surface area contributed by atoms with Gasteiger partial charge >= 0.3 is 0 Å². The third-order valence-electron chi connectivity index (χ3n) is 5.77. The average molecular weight is 360 g/mol. The number of carbonyl (C=O) groups excluding carboxylic acids is 1. The van der Waals surface area contributed by atoms with E-state index < -0.39 is 0 Å². The van der Waals surface area contributed by atoms with Crippen LogP contribution in [0.15, 0.2) is 30.3 Å². The molecule has 1 aromatic rings. The standard InChI is InChI=1S/C21H32N2O3/c1-23-12-10-21(11-13-23,18-7-3-2-4-8-18)17-22-20(24)16-25-15-19-9-5-6-14-26-19/h2-4,7-8,19H,5-6,9-17H2,1H3,(H,22,24)/t19-/m1/s1. The number of nitrogens with one attached hydrogen (secondary N) is 1. The van der Waals surface area contributed by atoms with E-state index in [9.17, 15) is 4.79 Å². The molecule has 3 rings (SSSR count). The average Bonchev–Trinajstić information content (AvgIpc) is 2.69. The molecule has 2 aliphatic rings. The number of nitrogens with zero attached hydrogens (tertiary/aromatic N) is 1. The third kappa shape index (κ3) is 5.29. The van der Waals surface area contributed by atoms with Gasteiger partial charge in [-0.1, -0.05) is 30.3 Å². The summed E-state index contributed by atoms with van der Waals surface area (Å²) in [5.74, 6) is -0.0324. The number of benzene rings is 1. The number of piperidine rings is 1. The van der Waals surface area contributed by atoms with Crippen LogP contribution in [-0.4, -0.2) is 63.4 Å².